The first-order valence-corrected chi connectivity index (χ1v) is 10.1. The molecule has 4 rings (SSSR count). The standard InChI is InChI=1S/C21H29N5O/c27-21-15-20(22-17-23-21)18-5-4-8-25(16-18)10-9-24-11-13-26(14-12-24)19-6-2-1-3-7-19/h1-3,6-7,15,17-18H,4-5,8-14,16H2,(H,22,23,27)/t18-/m1/s1. The molecule has 2 saturated heterocycles. The van der Waals surface area contributed by atoms with Crippen molar-refractivity contribution in [1.82, 2.24) is 19.8 Å². The Hall–Kier alpha value is -2.18. The average Bonchev–Trinajstić information content (AvgIpc) is 2.73. The molecule has 0 spiro atoms. The largest absolute Gasteiger partial charge is 0.369 e. The molecular weight excluding hydrogens is 338 g/mol. The number of piperazine rings is 1. The lowest BCUT2D eigenvalue weighted by atomic mass is 9.94. The first-order chi connectivity index (χ1) is 13.3. The van der Waals surface area contributed by atoms with E-state index in [-0.39, 0.29) is 5.56 Å². The summed E-state index contributed by atoms with van der Waals surface area (Å²) in [7, 11) is 0. The van der Waals surface area contributed by atoms with Crippen LogP contribution in [0.15, 0.2) is 47.5 Å². The number of rotatable bonds is 5. The van der Waals surface area contributed by atoms with Gasteiger partial charge in [-0.1, -0.05) is 18.2 Å². The molecule has 0 bridgehead atoms. The van der Waals surface area contributed by atoms with E-state index in [2.05, 4.69) is 55.0 Å². The number of likely N-dealkylation sites (tertiary alicyclic amines) is 1. The monoisotopic (exact) mass is 367 g/mol. The summed E-state index contributed by atoms with van der Waals surface area (Å²) in [6, 6.07) is 12.4. The Morgan fingerprint density at radius 1 is 1.00 bits per heavy atom. The number of aromatic nitrogens is 2. The Labute approximate surface area is 160 Å². The molecule has 2 aliphatic rings. The number of anilines is 1. The Kier molecular flexibility index (Phi) is 5.84. The molecule has 1 N–H and O–H groups in total. The molecule has 0 amide bonds. The van der Waals surface area contributed by atoms with Gasteiger partial charge in [-0.15, -0.1) is 0 Å². The van der Waals surface area contributed by atoms with Crippen LogP contribution >= 0.6 is 0 Å². The van der Waals surface area contributed by atoms with Gasteiger partial charge in [0.1, 0.15) is 0 Å². The van der Waals surface area contributed by atoms with Crippen molar-refractivity contribution in [2.45, 2.75) is 18.8 Å². The second-order valence-electron chi connectivity index (χ2n) is 7.64. The van der Waals surface area contributed by atoms with E-state index in [0.717, 1.165) is 64.5 Å². The molecule has 2 fully saturated rings. The highest BCUT2D eigenvalue weighted by Gasteiger charge is 2.23. The molecule has 1 aromatic carbocycles. The van der Waals surface area contributed by atoms with Gasteiger partial charge in [-0.2, -0.15) is 0 Å². The lowest BCUT2D eigenvalue weighted by Crippen LogP contribution is -2.49. The molecule has 0 unspecified atom stereocenters. The summed E-state index contributed by atoms with van der Waals surface area (Å²) in [6.07, 6.45) is 3.84. The van der Waals surface area contributed by atoms with Crippen LogP contribution in [0.1, 0.15) is 24.5 Å². The van der Waals surface area contributed by atoms with E-state index in [1.165, 1.54) is 18.4 Å². The Morgan fingerprint density at radius 2 is 1.78 bits per heavy atom. The predicted octanol–water partition coefficient (Wildman–Crippen LogP) is 1.77. The Morgan fingerprint density at radius 3 is 2.56 bits per heavy atom. The fourth-order valence-electron chi connectivity index (χ4n) is 4.26. The summed E-state index contributed by atoms with van der Waals surface area (Å²) in [6.45, 7) is 8.85. The number of para-hydroxylation sites is 1. The normalized spacial score (nSPS) is 22.1. The minimum atomic E-state index is -0.0478. The highest BCUT2D eigenvalue weighted by Crippen LogP contribution is 2.24. The zero-order chi connectivity index (χ0) is 18.5. The van der Waals surface area contributed by atoms with Crippen molar-refractivity contribution in [3.8, 4) is 0 Å². The van der Waals surface area contributed by atoms with Crippen LogP contribution in [-0.2, 0) is 0 Å². The van der Waals surface area contributed by atoms with E-state index < -0.39 is 0 Å². The van der Waals surface area contributed by atoms with Crippen molar-refractivity contribution in [3.05, 3.63) is 58.8 Å². The molecule has 2 aliphatic heterocycles. The van der Waals surface area contributed by atoms with Gasteiger partial charge in [0.25, 0.3) is 5.56 Å². The number of benzene rings is 1. The van der Waals surface area contributed by atoms with Crippen LogP contribution in [0.5, 0.6) is 0 Å². The summed E-state index contributed by atoms with van der Waals surface area (Å²) in [5, 5.41) is 0. The second kappa shape index (κ2) is 8.67. The van der Waals surface area contributed by atoms with Crippen LogP contribution < -0.4 is 10.5 Å². The Balaban J connectivity index is 1.24. The van der Waals surface area contributed by atoms with Crippen molar-refractivity contribution in [3.63, 3.8) is 0 Å². The van der Waals surface area contributed by atoms with Gasteiger partial charge in [-0.25, -0.2) is 4.98 Å². The van der Waals surface area contributed by atoms with Crippen molar-refractivity contribution in [2.75, 3.05) is 57.3 Å². The highest BCUT2D eigenvalue weighted by molar-refractivity contribution is 5.46. The molecular formula is C21H29N5O. The third kappa shape index (κ3) is 4.76. The van der Waals surface area contributed by atoms with Crippen molar-refractivity contribution < 1.29 is 0 Å². The van der Waals surface area contributed by atoms with E-state index in [9.17, 15) is 4.79 Å². The minimum Gasteiger partial charge on any atom is -0.369 e. The van der Waals surface area contributed by atoms with Gasteiger partial charge in [0.2, 0.25) is 0 Å². The quantitative estimate of drug-likeness (QED) is 0.873. The van der Waals surface area contributed by atoms with E-state index in [0.29, 0.717) is 5.92 Å². The Bertz CT molecular complexity index is 769. The van der Waals surface area contributed by atoms with Gasteiger partial charge in [0.15, 0.2) is 0 Å². The van der Waals surface area contributed by atoms with E-state index in [1.807, 2.05) is 0 Å². The molecule has 2 aromatic rings. The van der Waals surface area contributed by atoms with Gasteiger partial charge < -0.3 is 14.8 Å². The first-order valence-electron chi connectivity index (χ1n) is 10.1. The zero-order valence-electron chi connectivity index (χ0n) is 15.9. The van der Waals surface area contributed by atoms with Gasteiger partial charge >= 0.3 is 0 Å². The molecule has 3 heterocycles. The molecule has 6 heteroatoms. The molecule has 27 heavy (non-hydrogen) atoms. The number of hydrogen-bond donors (Lipinski definition) is 1. The summed E-state index contributed by atoms with van der Waals surface area (Å²) in [4.78, 5) is 26.2. The maximum atomic E-state index is 11.6. The van der Waals surface area contributed by atoms with Gasteiger partial charge in [0, 0.05) is 63.5 Å². The summed E-state index contributed by atoms with van der Waals surface area (Å²) >= 11 is 0. The zero-order valence-corrected chi connectivity index (χ0v) is 15.9. The van der Waals surface area contributed by atoms with Gasteiger partial charge in [0.05, 0.1) is 12.0 Å². The average molecular weight is 367 g/mol. The molecule has 1 aromatic heterocycles. The van der Waals surface area contributed by atoms with Crippen molar-refractivity contribution >= 4 is 5.69 Å². The third-order valence-electron chi connectivity index (χ3n) is 5.85. The highest BCUT2D eigenvalue weighted by atomic mass is 16.1. The van der Waals surface area contributed by atoms with Gasteiger partial charge in [-0.3, -0.25) is 9.69 Å². The molecule has 0 saturated carbocycles. The maximum Gasteiger partial charge on any atom is 0.250 e. The van der Waals surface area contributed by atoms with E-state index in [1.54, 1.807) is 6.07 Å². The number of nitrogens with one attached hydrogen (secondary N) is 1. The third-order valence-corrected chi connectivity index (χ3v) is 5.85. The smallest absolute Gasteiger partial charge is 0.250 e. The first kappa shape index (κ1) is 18.2. The fourth-order valence-corrected chi connectivity index (χ4v) is 4.26. The summed E-state index contributed by atoms with van der Waals surface area (Å²) in [5.41, 5.74) is 2.23. The van der Waals surface area contributed by atoms with Crippen LogP contribution in [0.25, 0.3) is 0 Å². The molecule has 0 radical (unpaired) electrons. The second-order valence-corrected chi connectivity index (χ2v) is 7.64. The van der Waals surface area contributed by atoms with Crippen LogP contribution in [0, 0.1) is 0 Å². The minimum absolute atomic E-state index is 0.0478. The predicted molar refractivity (Wildman–Crippen MR) is 108 cm³/mol. The SMILES string of the molecule is O=c1cc([C@@H]2CCCN(CCN3CCN(c4ccccc4)CC3)C2)nc[nH]1. The number of piperidine rings is 1. The molecule has 1 atom stereocenters. The van der Waals surface area contributed by atoms with Crippen LogP contribution in [0.4, 0.5) is 5.69 Å². The summed E-state index contributed by atoms with van der Waals surface area (Å²) < 4.78 is 0. The maximum absolute atomic E-state index is 11.6. The summed E-state index contributed by atoms with van der Waals surface area (Å²) in [5.74, 6) is 0.385. The number of aromatic amines is 1. The van der Waals surface area contributed by atoms with Gasteiger partial charge in [-0.05, 0) is 31.5 Å². The number of nitrogens with zero attached hydrogens (tertiary/aromatic N) is 4. The lowest BCUT2D eigenvalue weighted by Gasteiger charge is -2.38. The van der Waals surface area contributed by atoms with Crippen molar-refractivity contribution in [2.24, 2.45) is 0 Å². The molecule has 0 aliphatic carbocycles. The molecule has 144 valence electrons. The fraction of sp³-hybridized carbons (Fsp3) is 0.524. The number of hydrogen-bond acceptors (Lipinski definition) is 5. The number of H-pyrrole nitrogens is 1. The van der Waals surface area contributed by atoms with E-state index >= 15 is 0 Å². The molecule has 6 nitrogen and oxygen atoms in total. The van der Waals surface area contributed by atoms with Crippen molar-refractivity contribution in [1.29, 1.82) is 0 Å². The topological polar surface area (TPSA) is 55.5 Å². The lowest BCUT2D eigenvalue weighted by molar-refractivity contribution is 0.165. The van der Waals surface area contributed by atoms with E-state index in [4.69, 9.17) is 0 Å². The van der Waals surface area contributed by atoms with Crippen LogP contribution in [-0.4, -0.2) is 72.1 Å². The van der Waals surface area contributed by atoms with Crippen LogP contribution in [0.3, 0.4) is 0 Å². The van der Waals surface area contributed by atoms with Crippen LogP contribution in [0.2, 0.25) is 0 Å².